The van der Waals surface area contributed by atoms with Crippen LogP contribution in [0.2, 0.25) is 0 Å². The van der Waals surface area contributed by atoms with Crippen molar-refractivity contribution >= 4 is 11.8 Å². The first kappa shape index (κ1) is 11.2. The summed E-state index contributed by atoms with van der Waals surface area (Å²) in [4.78, 5) is 25.5. The normalized spacial score (nSPS) is 9.67. The Kier molecular flexibility index (Phi) is 3.79. The Labute approximate surface area is 87.7 Å². The van der Waals surface area contributed by atoms with E-state index >= 15 is 0 Å². The van der Waals surface area contributed by atoms with Crippen molar-refractivity contribution in [3.63, 3.8) is 0 Å². The lowest BCUT2D eigenvalue weighted by atomic mass is 10.1. The summed E-state index contributed by atoms with van der Waals surface area (Å²) in [6.07, 6.45) is 2.06. The van der Waals surface area contributed by atoms with Gasteiger partial charge < -0.3 is 11.1 Å². The van der Waals surface area contributed by atoms with E-state index in [1.54, 1.807) is 12.1 Å². The quantitative estimate of drug-likeness (QED) is 0.720. The molecule has 0 spiro atoms. The predicted molar refractivity (Wildman–Crippen MR) is 55.1 cm³/mol. The standard InChI is InChI=1S/C10H13N3O2/c1-7(14)12-6-4-8-3-2-5-13-9(8)10(11)15/h2-3,5H,4,6H2,1H3,(H2,11,15)(H,12,14). The van der Waals surface area contributed by atoms with E-state index in [4.69, 9.17) is 5.73 Å². The largest absolute Gasteiger partial charge is 0.364 e. The first-order valence-electron chi connectivity index (χ1n) is 4.59. The van der Waals surface area contributed by atoms with Crippen LogP contribution in [0.4, 0.5) is 0 Å². The molecule has 80 valence electrons. The van der Waals surface area contributed by atoms with Gasteiger partial charge in [0.2, 0.25) is 5.91 Å². The molecule has 0 aliphatic carbocycles. The third kappa shape index (κ3) is 3.38. The van der Waals surface area contributed by atoms with Gasteiger partial charge in [-0.15, -0.1) is 0 Å². The smallest absolute Gasteiger partial charge is 0.267 e. The monoisotopic (exact) mass is 207 g/mol. The number of nitrogens with one attached hydrogen (secondary N) is 1. The minimum absolute atomic E-state index is 0.0977. The van der Waals surface area contributed by atoms with Gasteiger partial charge in [0, 0.05) is 19.7 Å². The van der Waals surface area contributed by atoms with Crippen molar-refractivity contribution in [1.29, 1.82) is 0 Å². The summed E-state index contributed by atoms with van der Waals surface area (Å²) in [6, 6.07) is 3.50. The van der Waals surface area contributed by atoms with Crippen LogP contribution >= 0.6 is 0 Å². The molecule has 0 aliphatic heterocycles. The summed E-state index contributed by atoms with van der Waals surface area (Å²) >= 11 is 0. The third-order valence-corrected chi connectivity index (χ3v) is 1.89. The maximum absolute atomic E-state index is 11.0. The van der Waals surface area contributed by atoms with Crippen LogP contribution in [0.15, 0.2) is 18.3 Å². The van der Waals surface area contributed by atoms with Gasteiger partial charge in [-0.25, -0.2) is 0 Å². The first-order chi connectivity index (χ1) is 7.11. The molecule has 0 bridgehead atoms. The van der Waals surface area contributed by atoms with Gasteiger partial charge in [0.15, 0.2) is 0 Å². The molecule has 1 aromatic heterocycles. The van der Waals surface area contributed by atoms with Crippen LogP contribution in [0.1, 0.15) is 23.0 Å². The highest BCUT2D eigenvalue weighted by Gasteiger charge is 2.08. The van der Waals surface area contributed by atoms with Crippen molar-refractivity contribution in [3.8, 4) is 0 Å². The number of hydrogen-bond acceptors (Lipinski definition) is 3. The highest BCUT2D eigenvalue weighted by molar-refractivity contribution is 5.92. The number of pyridine rings is 1. The Hall–Kier alpha value is -1.91. The summed E-state index contributed by atoms with van der Waals surface area (Å²) in [5.74, 6) is -0.645. The Morgan fingerprint density at radius 2 is 2.27 bits per heavy atom. The fourth-order valence-electron chi connectivity index (χ4n) is 1.24. The second-order valence-corrected chi connectivity index (χ2v) is 3.11. The minimum atomic E-state index is -0.548. The van der Waals surface area contributed by atoms with E-state index in [0.29, 0.717) is 13.0 Å². The van der Waals surface area contributed by atoms with Gasteiger partial charge in [-0.05, 0) is 18.1 Å². The summed E-state index contributed by atoms with van der Waals surface area (Å²) in [5.41, 5.74) is 6.17. The molecule has 0 saturated heterocycles. The number of carbonyl (C=O) groups is 2. The van der Waals surface area contributed by atoms with Gasteiger partial charge in [-0.1, -0.05) is 6.07 Å². The fraction of sp³-hybridized carbons (Fsp3) is 0.300. The summed E-state index contributed by atoms with van der Waals surface area (Å²) < 4.78 is 0. The second-order valence-electron chi connectivity index (χ2n) is 3.11. The number of aromatic nitrogens is 1. The Morgan fingerprint density at radius 1 is 1.53 bits per heavy atom. The van der Waals surface area contributed by atoms with Crippen LogP contribution in [-0.2, 0) is 11.2 Å². The second kappa shape index (κ2) is 5.09. The minimum Gasteiger partial charge on any atom is -0.364 e. The zero-order valence-electron chi connectivity index (χ0n) is 8.49. The molecule has 0 atom stereocenters. The number of primary amides is 1. The van der Waals surface area contributed by atoms with Gasteiger partial charge in [0.1, 0.15) is 5.69 Å². The molecule has 5 nitrogen and oxygen atoms in total. The van der Waals surface area contributed by atoms with Gasteiger partial charge in [-0.3, -0.25) is 14.6 Å². The molecule has 5 heteroatoms. The molecule has 0 unspecified atom stereocenters. The lowest BCUT2D eigenvalue weighted by Gasteiger charge is -2.05. The number of amides is 2. The van der Waals surface area contributed by atoms with Crippen molar-refractivity contribution in [2.75, 3.05) is 6.54 Å². The van der Waals surface area contributed by atoms with Crippen LogP contribution in [0, 0.1) is 0 Å². The zero-order chi connectivity index (χ0) is 11.3. The molecule has 0 aromatic carbocycles. The molecule has 3 N–H and O–H groups in total. The lowest BCUT2D eigenvalue weighted by molar-refractivity contribution is -0.118. The van der Waals surface area contributed by atoms with E-state index in [1.165, 1.54) is 13.1 Å². The number of hydrogen-bond donors (Lipinski definition) is 2. The average molecular weight is 207 g/mol. The molecule has 2 amide bonds. The van der Waals surface area contributed by atoms with Gasteiger partial charge in [0.25, 0.3) is 5.91 Å². The number of nitrogens with zero attached hydrogens (tertiary/aromatic N) is 1. The van der Waals surface area contributed by atoms with E-state index in [2.05, 4.69) is 10.3 Å². The summed E-state index contributed by atoms with van der Waals surface area (Å²) in [7, 11) is 0. The molecule has 0 fully saturated rings. The van der Waals surface area contributed by atoms with E-state index in [0.717, 1.165) is 5.56 Å². The molecular weight excluding hydrogens is 194 g/mol. The molecule has 15 heavy (non-hydrogen) atoms. The first-order valence-corrected chi connectivity index (χ1v) is 4.59. The van der Waals surface area contributed by atoms with Crippen molar-refractivity contribution in [2.45, 2.75) is 13.3 Å². The van der Waals surface area contributed by atoms with Gasteiger partial charge >= 0.3 is 0 Å². The van der Waals surface area contributed by atoms with Gasteiger partial charge in [0.05, 0.1) is 0 Å². The average Bonchev–Trinajstić information content (AvgIpc) is 2.17. The van der Waals surface area contributed by atoms with Gasteiger partial charge in [-0.2, -0.15) is 0 Å². The number of carbonyl (C=O) groups excluding carboxylic acids is 2. The molecule has 1 aromatic rings. The van der Waals surface area contributed by atoms with Crippen molar-refractivity contribution in [3.05, 3.63) is 29.6 Å². The summed E-state index contributed by atoms with van der Waals surface area (Å²) in [6.45, 7) is 1.92. The van der Waals surface area contributed by atoms with E-state index in [1.807, 2.05) is 0 Å². The molecule has 1 heterocycles. The van der Waals surface area contributed by atoms with Crippen molar-refractivity contribution < 1.29 is 9.59 Å². The lowest BCUT2D eigenvalue weighted by Crippen LogP contribution is -2.24. The molecule has 0 saturated carbocycles. The third-order valence-electron chi connectivity index (χ3n) is 1.89. The van der Waals surface area contributed by atoms with Crippen LogP contribution in [0.25, 0.3) is 0 Å². The predicted octanol–water partition coefficient (Wildman–Crippen LogP) is -0.141. The number of nitrogens with two attached hydrogens (primary N) is 1. The van der Waals surface area contributed by atoms with Crippen LogP contribution in [0.3, 0.4) is 0 Å². The molecule has 0 aliphatic rings. The highest BCUT2D eigenvalue weighted by atomic mass is 16.1. The Morgan fingerprint density at radius 3 is 2.87 bits per heavy atom. The van der Waals surface area contributed by atoms with E-state index < -0.39 is 5.91 Å². The molecule has 0 radical (unpaired) electrons. The van der Waals surface area contributed by atoms with E-state index in [-0.39, 0.29) is 11.6 Å². The topological polar surface area (TPSA) is 85.1 Å². The maximum atomic E-state index is 11.0. The Bertz CT molecular complexity index is 377. The van der Waals surface area contributed by atoms with Crippen LogP contribution in [0.5, 0.6) is 0 Å². The SMILES string of the molecule is CC(=O)NCCc1cccnc1C(N)=O. The maximum Gasteiger partial charge on any atom is 0.267 e. The molecular formula is C10H13N3O2. The Balaban J connectivity index is 2.67. The van der Waals surface area contributed by atoms with Crippen LogP contribution in [-0.4, -0.2) is 23.3 Å². The zero-order valence-corrected chi connectivity index (χ0v) is 8.49. The summed E-state index contributed by atoms with van der Waals surface area (Å²) in [5, 5.41) is 2.64. The molecule has 1 rings (SSSR count). The highest BCUT2D eigenvalue weighted by Crippen LogP contribution is 2.04. The van der Waals surface area contributed by atoms with E-state index in [9.17, 15) is 9.59 Å². The van der Waals surface area contributed by atoms with Crippen molar-refractivity contribution in [1.82, 2.24) is 10.3 Å². The van der Waals surface area contributed by atoms with Crippen LogP contribution < -0.4 is 11.1 Å². The number of rotatable bonds is 4. The fourth-order valence-corrected chi connectivity index (χ4v) is 1.24. The van der Waals surface area contributed by atoms with Crippen molar-refractivity contribution in [2.24, 2.45) is 5.73 Å².